The average Bonchev–Trinajstić information content (AvgIpc) is 2.59. The smallest absolute Gasteiger partial charge is 0.265 e. The predicted molar refractivity (Wildman–Crippen MR) is 89.2 cm³/mol. The number of carbonyl (C=O) groups is 1. The van der Waals surface area contributed by atoms with E-state index in [0.717, 1.165) is 12.0 Å². The number of nitrogens with one attached hydrogen (secondary N) is 1. The molecular weight excluding hydrogens is 290 g/mol. The van der Waals surface area contributed by atoms with Crippen LogP contribution in [-0.2, 0) is 16.1 Å². The lowest BCUT2D eigenvalue weighted by Gasteiger charge is -2.04. The molecule has 2 aromatic rings. The van der Waals surface area contributed by atoms with E-state index in [1.165, 1.54) is 5.56 Å². The number of aryl methyl sites for hydroxylation is 1. The summed E-state index contributed by atoms with van der Waals surface area (Å²) in [6.07, 6.45) is 2.55. The van der Waals surface area contributed by atoms with Gasteiger partial charge >= 0.3 is 0 Å². The molecule has 2 aromatic carbocycles. The summed E-state index contributed by atoms with van der Waals surface area (Å²) in [5.74, 6) is -0.335. The minimum absolute atomic E-state index is 0.194. The van der Waals surface area contributed by atoms with E-state index in [4.69, 9.17) is 10.1 Å². The average molecular weight is 307 g/mol. The van der Waals surface area contributed by atoms with Gasteiger partial charge in [0.15, 0.2) is 6.61 Å². The second kappa shape index (κ2) is 8.35. The van der Waals surface area contributed by atoms with Crippen LogP contribution in [0.5, 0.6) is 0 Å². The molecule has 0 bridgehead atoms. The van der Waals surface area contributed by atoms with Crippen LogP contribution in [-0.4, -0.2) is 18.7 Å². The van der Waals surface area contributed by atoms with Crippen LogP contribution >= 0.6 is 0 Å². The van der Waals surface area contributed by atoms with Crippen molar-refractivity contribution >= 4 is 17.8 Å². The minimum Gasteiger partial charge on any atom is -0.386 e. The molecule has 0 aliphatic carbocycles. The summed E-state index contributed by atoms with van der Waals surface area (Å²) in [6.45, 7) is 1.90. The molecule has 0 unspecified atom stereocenters. The molecule has 0 aromatic heterocycles. The number of nitriles is 1. The minimum atomic E-state index is -0.335. The van der Waals surface area contributed by atoms with Crippen LogP contribution in [0.15, 0.2) is 53.7 Å². The third-order valence-corrected chi connectivity index (χ3v) is 3.14. The van der Waals surface area contributed by atoms with E-state index in [1.54, 1.807) is 30.5 Å². The molecule has 0 aliphatic heterocycles. The quantitative estimate of drug-likeness (QED) is 0.658. The lowest BCUT2D eigenvalue weighted by atomic mass is 10.1. The second-order valence-corrected chi connectivity index (χ2v) is 4.84. The number of nitrogens with zero attached hydrogens (tertiary/aromatic N) is 2. The maximum Gasteiger partial charge on any atom is 0.265 e. The zero-order valence-corrected chi connectivity index (χ0v) is 12.8. The van der Waals surface area contributed by atoms with Gasteiger partial charge in [0.1, 0.15) is 0 Å². The van der Waals surface area contributed by atoms with Gasteiger partial charge in [-0.25, -0.2) is 0 Å². The van der Waals surface area contributed by atoms with Gasteiger partial charge in [0.2, 0.25) is 0 Å². The van der Waals surface area contributed by atoms with E-state index < -0.39 is 0 Å². The summed E-state index contributed by atoms with van der Waals surface area (Å²) in [4.78, 5) is 16.7. The van der Waals surface area contributed by atoms with Crippen LogP contribution in [0.3, 0.4) is 0 Å². The number of benzene rings is 2. The van der Waals surface area contributed by atoms with Gasteiger partial charge < -0.3 is 10.2 Å². The van der Waals surface area contributed by atoms with Crippen LogP contribution in [0.4, 0.5) is 5.69 Å². The second-order valence-electron chi connectivity index (χ2n) is 4.84. The molecule has 0 saturated heterocycles. The van der Waals surface area contributed by atoms with Crippen molar-refractivity contribution in [3.05, 3.63) is 65.2 Å². The third-order valence-electron chi connectivity index (χ3n) is 3.14. The highest BCUT2D eigenvalue weighted by Gasteiger charge is 2.03. The van der Waals surface area contributed by atoms with E-state index in [2.05, 4.69) is 17.4 Å². The zero-order valence-electron chi connectivity index (χ0n) is 12.8. The number of carbonyl (C=O) groups excluding carboxylic acids is 1. The lowest BCUT2D eigenvalue weighted by Crippen LogP contribution is -2.17. The summed E-state index contributed by atoms with van der Waals surface area (Å²) >= 11 is 0. The van der Waals surface area contributed by atoms with Crippen molar-refractivity contribution in [2.75, 3.05) is 11.9 Å². The molecule has 1 N–H and O–H groups in total. The maximum atomic E-state index is 11.7. The highest BCUT2D eigenvalue weighted by atomic mass is 16.6. The van der Waals surface area contributed by atoms with Crippen LogP contribution in [0.1, 0.15) is 23.6 Å². The van der Waals surface area contributed by atoms with Gasteiger partial charge in [0, 0.05) is 5.69 Å². The number of rotatable bonds is 6. The first-order valence-electron chi connectivity index (χ1n) is 7.25. The van der Waals surface area contributed by atoms with Gasteiger partial charge in [-0.05, 0) is 35.7 Å². The van der Waals surface area contributed by atoms with Crippen LogP contribution < -0.4 is 5.32 Å². The summed E-state index contributed by atoms with van der Waals surface area (Å²) < 4.78 is 0. The highest BCUT2D eigenvalue weighted by Crippen LogP contribution is 2.09. The van der Waals surface area contributed by atoms with Crippen molar-refractivity contribution < 1.29 is 9.63 Å². The first kappa shape index (κ1) is 16.2. The van der Waals surface area contributed by atoms with Gasteiger partial charge in [-0.2, -0.15) is 5.26 Å². The molecule has 0 radical (unpaired) electrons. The molecule has 5 nitrogen and oxygen atoms in total. The number of oxime groups is 1. The first-order chi connectivity index (χ1) is 11.2. The summed E-state index contributed by atoms with van der Waals surface area (Å²) in [5.41, 5.74) is 3.19. The Labute approximate surface area is 135 Å². The number of hydrogen-bond donors (Lipinski definition) is 1. The normalized spacial score (nSPS) is 10.3. The molecule has 0 heterocycles. The van der Waals surface area contributed by atoms with Crippen LogP contribution in [0, 0.1) is 11.3 Å². The Morgan fingerprint density at radius 2 is 2.09 bits per heavy atom. The Morgan fingerprint density at radius 1 is 1.30 bits per heavy atom. The van der Waals surface area contributed by atoms with Crippen molar-refractivity contribution in [3.8, 4) is 6.07 Å². The van der Waals surface area contributed by atoms with Gasteiger partial charge in [-0.3, -0.25) is 4.79 Å². The third kappa shape index (κ3) is 5.29. The fourth-order valence-corrected chi connectivity index (χ4v) is 1.90. The van der Waals surface area contributed by atoms with Gasteiger partial charge in [0.25, 0.3) is 5.91 Å². The fraction of sp³-hybridized carbons (Fsp3) is 0.167. The Balaban J connectivity index is 1.79. The SMILES string of the molecule is CCc1ccc(/C=N\OCC(=O)Nc2cccc(C#N)c2)cc1. The van der Waals surface area contributed by atoms with E-state index in [9.17, 15) is 4.79 Å². The molecule has 2 rings (SSSR count). The molecule has 5 heteroatoms. The number of hydrogen-bond acceptors (Lipinski definition) is 4. The van der Waals surface area contributed by atoms with Crippen LogP contribution in [0.2, 0.25) is 0 Å². The first-order valence-corrected chi connectivity index (χ1v) is 7.25. The Morgan fingerprint density at radius 3 is 2.78 bits per heavy atom. The molecule has 0 fully saturated rings. The molecule has 23 heavy (non-hydrogen) atoms. The lowest BCUT2D eigenvalue weighted by molar-refractivity contribution is -0.120. The van der Waals surface area contributed by atoms with E-state index >= 15 is 0 Å². The maximum absolute atomic E-state index is 11.7. The number of anilines is 1. The van der Waals surface area contributed by atoms with Gasteiger partial charge in [-0.1, -0.05) is 42.4 Å². The zero-order chi connectivity index (χ0) is 16.5. The molecule has 1 amide bonds. The summed E-state index contributed by atoms with van der Waals surface area (Å²) in [7, 11) is 0. The Hall–Kier alpha value is -3.13. The van der Waals surface area contributed by atoms with E-state index in [0.29, 0.717) is 11.3 Å². The van der Waals surface area contributed by atoms with Crippen molar-refractivity contribution in [2.45, 2.75) is 13.3 Å². The predicted octanol–water partition coefficient (Wildman–Crippen LogP) is 3.11. The fourth-order valence-electron chi connectivity index (χ4n) is 1.90. The van der Waals surface area contributed by atoms with Crippen LogP contribution in [0.25, 0.3) is 0 Å². The van der Waals surface area contributed by atoms with E-state index in [-0.39, 0.29) is 12.5 Å². The molecule has 116 valence electrons. The molecular formula is C18H17N3O2. The van der Waals surface area contributed by atoms with E-state index in [1.807, 2.05) is 30.3 Å². The van der Waals surface area contributed by atoms with Crippen molar-refractivity contribution in [1.82, 2.24) is 0 Å². The standard InChI is InChI=1S/C18H17N3O2/c1-2-14-6-8-15(9-7-14)12-20-23-13-18(22)21-17-5-3-4-16(10-17)11-19/h3-10,12H,2,13H2,1H3,(H,21,22)/b20-12-. The molecule has 0 atom stereocenters. The number of amides is 1. The van der Waals surface area contributed by atoms with Crippen molar-refractivity contribution in [3.63, 3.8) is 0 Å². The Bertz CT molecular complexity index is 731. The van der Waals surface area contributed by atoms with Gasteiger partial charge in [0.05, 0.1) is 17.8 Å². The largest absolute Gasteiger partial charge is 0.386 e. The molecule has 0 saturated carbocycles. The van der Waals surface area contributed by atoms with Crippen molar-refractivity contribution in [1.29, 1.82) is 5.26 Å². The summed E-state index contributed by atoms with van der Waals surface area (Å²) in [5, 5.41) is 15.2. The highest BCUT2D eigenvalue weighted by molar-refractivity contribution is 5.91. The Kier molecular flexibility index (Phi) is 5.89. The molecule has 0 spiro atoms. The monoisotopic (exact) mass is 307 g/mol. The summed E-state index contributed by atoms with van der Waals surface area (Å²) in [6, 6.07) is 16.6. The van der Waals surface area contributed by atoms with Gasteiger partial charge in [-0.15, -0.1) is 0 Å². The molecule has 0 aliphatic rings. The van der Waals surface area contributed by atoms with Crippen molar-refractivity contribution in [2.24, 2.45) is 5.16 Å². The topological polar surface area (TPSA) is 74.5 Å².